The van der Waals surface area contributed by atoms with Gasteiger partial charge in [0.05, 0.1) is 24.8 Å². The van der Waals surface area contributed by atoms with Crippen LogP contribution in [0.3, 0.4) is 0 Å². The Bertz CT molecular complexity index is 724. The summed E-state index contributed by atoms with van der Waals surface area (Å²) in [5.74, 6) is -0.305. The number of ether oxygens (including phenoxy) is 1. The summed E-state index contributed by atoms with van der Waals surface area (Å²) in [7, 11) is 0. The molecule has 1 aliphatic heterocycles. The minimum absolute atomic E-state index is 0.00786. The molecule has 0 bridgehead atoms. The molecule has 2 heterocycles. The highest BCUT2D eigenvalue weighted by Crippen LogP contribution is 2.23. The van der Waals surface area contributed by atoms with Gasteiger partial charge in [0.1, 0.15) is 5.82 Å². The fourth-order valence-corrected chi connectivity index (χ4v) is 4.09. The van der Waals surface area contributed by atoms with Crippen molar-refractivity contribution in [3.05, 3.63) is 57.0 Å². The van der Waals surface area contributed by atoms with E-state index >= 15 is 0 Å². The van der Waals surface area contributed by atoms with E-state index in [1.165, 1.54) is 12.1 Å². The Labute approximate surface area is 151 Å². The topological polar surface area (TPSA) is 41.6 Å². The molecule has 1 saturated heterocycles. The van der Waals surface area contributed by atoms with Gasteiger partial charge >= 0.3 is 0 Å². The van der Waals surface area contributed by atoms with Crippen LogP contribution in [0.4, 0.5) is 4.39 Å². The molecule has 0 spiro atoms. The second-order valence-corrected chi connectivity index (χ2v) is 7.71. The molecule has 2 aromatic rings. The van der Waals surface area contributed by atoms with Crippen LogP contribution in [0.5, 0.6) is 0 Å². The molecule has 1 aromatic carbocycles. The van der Waals surface area contributed by atoms with Crippen LogP contribution in [-0.4, -0.2) is 43.7 Å². The van der Waals surface area contributed by atoms with Crippen molar-refractivity contribution >= 4 is 17.2 Å². The third-order valence-electron chi connectivity index (χ3n) is 4.48. The Morgan fingerprint density at radius 1 is 1.28 bits per heavy atom. The number of rotatable bonds is 5. The third kappa shape index (κ3) is 4.45. The zero-order valence-electron chi connectivity index (χ0n) is 14.5. The molecule has 1 unspecified atom stereocenters. The summed E-state index contributed by atoms with van der Waals surface area (Å²) in [5, 5.41) is 3.06. The number of carbonyl (C=O) groups excluding carboxylic acids is 1. The van der Waals surface area contributed by atoms with E-state index in [1.807, 2.05) is 19.9 Å². The van der Waals surface area contributed by atoms with E-state index < -0.39 is 0 Å². The van der Waals surface area contributed by atoms with Crippen LogP contribution in [0.2, 0.25) is 0 Å². The molecule has 1 fully saturated rings. The van der Waals surface area contributed by atoms with Crippen LogP contribution in [0.1, 0.15) is 31.7 Å². The van der Waals surface area contributed by atoms with Crippen molar-refractivity contribution < 1.29 is 13.9 Å². The van der Waals surface area contributed by atoms with Gasteiger partial charge in [-0.15, -0.1) is 11.3 Å². The Morgan fingerprint density at radius 2 is 1.96 bits per heavy atom. The molecule has 0 aliphatic carbocycles. The normalized spacial score (nSPS) is 16.6. The van der Waals surface area contributed by atoms with E-state index in [0.717, 1.165) is 34.0 Å². The van der Waals surface area contributed by atoms with Crippen LogP contribution in [0.15, 0.2) is 30.3 Å². The highest BCUT2D eigenvalue weighted by Gasteiger charge is 2.24. The average molecular weight is 362 g/mol. The number of aryl methyl sites for hydroxylation is 2. The SMILES string of the molecule is Cc1cc(C(=O)NCC(c2ccc(F)cc2)N2CCOCC2)c(C)s1. The Morgan fingerprint density at radius 3 is 2.56 bits per heavy atom. The van der Waals surface area contributed by atoms with Crippen molar-refractivity contribution in [2.24, 2.45) is 0 Å². The van der Waals surface area contributed by atoms with E-state index in [9.17, 15) is 9.18 Å². The highest BCUT2D eigenvalue weighted by atomic mass is 32.1. The minimum Gasteiger partial charge on any atom is -0.379 e. The van der Waals surface area contributed by atoms with Crippen molar-refractivity contribution in [3.63, 3.8) is 0 Å². The molecule has 1 N–H and O–H groups in total. The van der Waals surface area contributed by atoms with E-state index in [-0.39, 0.29) is 17.8 Å². The molecular formula is C19H23FN2O2S. The van der Waals surface area contributed by atoms with Gasteiger partial charge in [-0.2, -0.15) is 0 Å². The first-order chi connectivity index (χ1) is 12.0. The highest BCUT2D eigenvalue weighted by molar-refractivity contribution is 7.12. The maximum absolute atomic E-state index is 13.3. The number of nitrogens with one attached hydrogen (secondary N) is 1. The lowest BCUT2D eigenvalue weighted by Gasteiger charge is -2.35. The fraction of sp³-hybridized carbons (Fsp3) is 0.421. The minimum atomic E-state index is -0.252. The van der Waals surface area contributed by atoms with Crippen molar-refractivity contribution in [2.45, 2.75) is 19.9 Å². The fourth-order valence-electron chi connectivity index (χ4n) is 3.17. The van der Waals surface area contributed by atoms with Crippen LogP contribution in [0.25, 0.3) is 0 Å². The molecule has 134 valence electrons. The quantitative estimate of drug-likeness (QED) is 0.887. The molecule has 3 rings (SSSR count). The largest absolute Gasteiger partial charge is 0.379 e. The monoisotopic (exact) mass is 362 g/mol. The summed E-state index contributed by atoms with van der Waals surface area (Å²) in [5.41, 5.74) is 1.74. The Balaban J connectivity index is 1.74. The molecular weight excluding hydrogens is 339 g/mol. The van der Waals surface area contributed by atoms with E-state index in [1.54, 1.807) is 23.5 Å². The van der Waals surface area contributed by atoms with Gasteiger partial charge in [-0.3, -0.25) is 9.69 Å². The smallest absolute Gasteiger partial charge is 0.252 e. The zero-order valence-corrected chi connectivity index (χ0v) is 15.4. The molecule has 4 nitrogen and oxygen atoms in total. The number of hydrogen-bond donors (Lipinski definition) is 1. The maximum Gasteiger partial charge on any atom is 0.252 e. The maximum atomic E-state index is 13.3. The van der Waals surface area contributed by atoms with E-state index in [4.69, 9.17) is 4.74 Å². The molecule has 25 heavy (non-hydrogen) atoms. The number of halogens is 1. The predicted octanol–water partition coefficient (Wildman–Crippen LogP) is 3.31. The summed E-state index contributed by atoms with van der Waals surface area (Å²) in [4.78, 5) is 17.0. The summed E-state index contributed by atoms with van der Waals surface area (Å²) < 4.78 is 18.7. The van der Waals surface area contributed by atoms with Crippen LogP contribution in [-0.2, 0) is 4.74 Å². The second-order valence-electron chi connectivity index (χ2n) is 6.25. The number of amides is 1. The second kappa shape index (κ2) is 8.08. The van der Waals surface area contributed by atoms with Crippen molar-refractivity contribution in [1.82, 2.24) is 10.2 Å². The number of nitrogens with zero attached hydrogens (tertiary/aromatic N) is 1. The van der Waals surface area contributed by atoms with Gasteiger partial charge in [-0.05, 0) is 37.6 Å². The Kier molecular flexibility index (Phi) is 5.83. The molecule has 1 aliphatic rings. The number of hydrogen-bond acceptors (Lipinski definition) is 4. The lowest BCUT2D eigenvalue weighted by Crippen LogP contribution is -2.43. The van der Waals surface area contributed by atoms with Gasteiger partial charge in [-0.25, -0.2) is 4.39 Å². The number of thiophene rings is 1. The molecule has 0 radical (unpaired) electrons. The number of morpholine rings is 1. The lowest BCUT2D eigenvalue weighted by atomic mass is 10.0. The van der Waals surface area contributed by atoms with E-state index in [0.29, 0.717) is 19.8 Å². The number of carbonyl (C=O) groups is 1. The zero-order chi connectivity index (χ0) is 17.8. The van der Waals surface area contributed by atoms with Gasteiger partial charge in [0.2, 0.25) is 0 Å². The van der Waals surface area contributed by atoms with Crippen molar-refractivity contribution in [3.8, 4) is 0 Å². The first-order valence-corrected chi connectivity index (χ1v) is 9.29. The molecule has 0 saturated carbocycles. The van der Waals surface area contributed by atoms with Crippen molar-refractivity contribution in [2.75, 3.05) is 32.8 Å². The standard InChI is InChI=1S/C19H23FN2O2S/c1-13-11-17(14(2)25-13)19(23)21-12-18(22-7-9-24-10-8-22)15-3-5-16(20)6-4-15/h3-6,11,18H,7-10,12H2,1-2H3,(H,21,23). The molecule has 1 aromatic heterocycles. The van der Waals surface area contributed by atoms with Gasteiger partial charge in [0.15, 0.2) is 0 Å². The number of benzene rings is 1. The van der Waals surface area contributed by atoms with Crippen LogP contribution in [0, 0.1) is 19.7 Å². The Hall–Kier alpha value is -1.76. The molecule has 1 amide bonds. The summed E-state index contributed by atoms with van der Waals surface area (Å²) in [6.45, 7) is 7.40. The summed E-state index contributed by atoms with van der Waals surface area (Å²) in [6.07, 6.45) is 0. The van der Waals surface area contributed by atoms with Crippen molar-refractivity contribution in [1.29, 1.82) is 0 Å². The molecule has 6 heteroatoms. The first-order valence-electron chi connectivity index (χ1n) is 8.47. The first kappa shape index (κ1) is 18.0. The van der Waals surface area contributed by atoms with E-state index in [2.05, 4.69) is 10.2 Å². The average Bonchev–Trinajstić information content (AvgIpc) is 2.96. The van der Waals surface area contributed by atoms with Gasteiger partial charge in [-0.1, -0.05) is 12.1 Å². The van der Waals surface area contributed by atoms with Gasteiger partial charge in [0.25, 0.3) is 5.91 Å². The third-order valence-corrected chi connectivity index (χ3v) is 5.45. The molecule has 1 atom stereocenters. The van der Waals surface area contributed by atoms with Gasteiger partial charge in [0, 0.05) is 29.4 Å². The van der Waals surface area contributed by atoms with Crippen LogP contribution >= 0.6 is 11.3 Å². The predicted molar refractivity (Wildman–Crippen MR) is 97.7 cm³/mol. The lowest BCUT2D eigenvalue weighted by molar-refractivity contribution is 0.0162. The summed E-state index contributed by atoms with van der Waals surface area (Å²) >= 11 is 1.63. The van der Waals surface area contributed by atoms with Gasteiger partial charge < -0.3 is 10.1 Å². The summed E-state index contributed by atoms with van der Waals surface area (Å²) in [6, 6.07) is 8.46. The van der Waals surface area contributed by atoms with Crippen LogP contribution < -0.4 is 5.32 Å².